The predicted octanol–water partition coefficient (Wildman–Crippen LogP) is 4.82. The lowest BCUT2D eigenvalue weighted by atomic mass is 9.97. The molecule has 2 heterocycles. The molecular weight excluding hydrogens is 338 g/mol. The van der Waals surface area contributed by atoms with E-state index >= 15 is 0 Å². The number of Topliss-reactive ketones (excluding diaryl/α,β-unsaturated/α-hetero) is 1. The van der Waals surface area contributed by atoms with Gasteiger partial charge in [-0.1, -0.05) is 23.9 Å². The number of hydrogen-bond donors (Lipinski definition) is 1. The molecule has 3 rings (SSSR count). The Kier molecular flexibility index (Phi) is 4.87. The molecule has 0 spiro atoms. The second-order valence-corrected chi connectivity index (χ2v) is 8.08. The van der Waals surface area contributed by atoms with Crippen molar-refractivity contribution in [2.45, 2.75) is 38.1 Å². The van der Waals surface area contributed by atoms with E-state index in [1.165, 1.54) is 17.3 Å². The van der Waals surface area contributed by atoms with Gasteiger partial charge in [0.1, 0.15) is 0 Å². The summed E-state index contributed by atoms with van der Waals surface area (Å²) in [6, 6.07) is 8.03. The molecule has 1 atom stereocenters. The molecule has 0 unspecified atom stereocenters. The Morgan fingerprint density at radius 3 is 2.67 bits per heavy atom. The second-order valence-electron chi connectivity index (χ2n) is 5.82. The van der Waals surface area contributed by atoms with Crippen LogP contribution in [-0.4, -0.2) is 26.2 Å². The summed E-state index contributed by atoms with van der Waals surface area (Å²) in [5, 5.41) is 9.52. The van der Waals surface area contributed by atoms with Gasteiger partial charge in [-0.05, 0) is 61.9 Å². The van der Waals surface area contributed by atoms with Gasteiger partial charge in [0.05, 0.1) is 10.1 Å². The Balaban J connectivity index is 1.76. The zero-order valence-electron chi connectivity index (χ0n) is 14.1. The molecule has 0 radical (unpaired) electrons. The summed E-state index contributed by atoms with van der Waals surface area (Å²) in [5.41, 5.74) is 4.15. The molecule has 0 aliphatic rings. The molecule has 0 amide bonds. The molecule has 0 aliphatic heterocycles. The summed E-state index contributed by atoms with van der Waals surface area (Å²) in [6.45, 7) is 7.99. The molecule has 6 heteroatoms. The van der Waals surface area contributed by atoms with Gasteiger partial charge < -0.3 is 0 Å². The van der Waals surface area contributed by atoms with Crippen LogP contribution in [0.4, 0.5) is 0 Å². The number of benzene rings is 1. The summed E-state index contributed by atoms with van der Waals surface area (Å²) >= 11 is 2.99. The van der Waals surface area contributed by atoms with Crippen LogP contribution in [0.2, 0.25) is 0 Å². The maximum atomic E-state index is 12.8. The number of ketones is 1. The van der Waals surface area contributed by atoms with Gasteiger partial charge in [-0.2, -0.15) is 0 Å². The van der Waals surface area contributed by atoms with Gasteiger partial charge >= 0.3 is 0 Å². The third-order valence-electron chi connectivity index (χ3n) is 3.98. The standard InChI is InChI=1S/C18H19N3OS2/c1-10-8-12(3)14(9-11(10)2)16(22)13(4)24-18-19-17(20-21-18)15-6-5-7-23-15/h5-9,13H,1-4H3,(H,19,20,21)/t13-/m0/s1. The first-order chi connectivity index (χ1) is 11.5. The van der Waals surface area contributed by atoms with Gasteiger partial charge in [-0.25, -0.2) is 4.98 Å². The van der Waals surface area contributed by atoms with Crippen molar-refractivity contribution < 1.29 is 4.79 Å². The number of nitrogens with zero attached hydrogens (tertiary/aromatic N) is 2. The molecule has 0 saturated heterocycles. The summed E-state index contributed by atoms with van der Waals surface area (Å²) in [7, 11) is 0. The van der Waals surface area contributed by atoms with Crippen LogP contribution in [0.1, 0.15) is 34.0 Å². The monoisotopic (exact) mass is 357 g/mol. The van der Waals surface area contributed by atoms with Crippen molar-refractivity contribution in [3.8, 4) is 10.7 Å². The smallest absolute Gasteiger partial charge is 0.209 e. The minimum absolute atomic E-state index is 0.114. The Morgan fingerprint density at radius 1 is 1.21 bits per heavy atom. The normalized spacial score (nSPS) is 12.3. The molecule has 0 saturated carbocycles. The first kappa shape index (κ1) is 16.9. The number of nitrogens with one attached hydrogen (secondary N) is 1. The molecule has 1 aromatic carbocycles. The molecule has 124 valence electrons. The van der Waals surface area contributed by atoms with Crippen LogP contribution in [0.5, 0.6) is 0 Å². The van der Waals surface area contributed by atoms with Crippen LogP contribution in [0.3, 0.4) is 0 Å². The third kappa shape index (κ3) is 3.44. The fourth-order valence-corrected chi connectivity index (χ4v) is 3.94. The predicted molar refractivity (Wildman–Crippen MR) is 100.0 cm³/mol. The van der Waals surface area contributed by atoms with Crippen LogP contribution in [0, 0.1) is 20.8 Å². The highest BCUT2D eigenvalue weighted by Crippen LogP contribution is 2.27. The molecule has 1 N–H and O–H groups in total. The van der Waals surface area contributed by atoms with Crippen LogP contribution in [0.15, 0.2) is 34.8 Å². The Hall–Kier alpha value is -1.92. The maximum absolute atomic E-state index is 12.8. The van der Waals surface area contributed by atoms with E-state index in [1.807, 2.05) is 44.4 Å². The first-order valence-corrected chi connectivity index (χ1v) is 9.46. The van der Waals surface area contributed by atoms with Gasteiger partial charge in [-0.3, -0.25) is 9.89 Å². The lowest BCUT2D eigenvalue weighted by Crippen LogP contribution is -2.15. The lowest BCUT2D eigenvalue weighted by Gasteiger charge is -2.12. The minimum atomic E-state index is -0.238. The molecule has 2 aromatic heterocycles. The Morgan fingerprint density at radius 2 is 1.96 bits per heavy atom. The first-order valence-electron chi connectivity index (χ1n) is 7.70. The molecule has 0 fully saturated rings. The minimum Gasteiger partial charge on any atom is -0.293 e. The van der Waals surface area contributed by atoms with E-state index in [9.17, 15) is 4.79 Å². The molecule has 0 aliphatic carbocycles. The fraction of sp³-hybridized carbons (Fsp3) is 0.278. The van der Waals surface area contributed by atoms with Crippen molar-refractivity contribution in [3.05, 3.63) is 51.9 Å². The van der Waals surface area contributed by atoms with E-state index in [0.717, 1.165) is 27.4 Å². The largest absolute Gasteiger partial charge is 0.293 e. The van der Waals surface area contributed by atoms with E-state index in [2.05, 4.69) is 28.2 Å². The summed E-state index contributed by atoms with van der Waals surface area (Å²) in [4.78, 5) is 18.3. The Bertz CT molecular complexity index is 869. The quantitative estimate of drug-likeness (QED) is 0.525. The van der Waals surface area contributed by atoms with Gasteiger partial charge in [0.25, 0.3) is 0 Å². The average molecular weight is 358 g/mol. The second kappa shape index (κ2) is 6.91. The average Bonchev–Trinajstić information content (AvgIpc) is 3.21. The van der Waals surface area contributed by atoms with Crippen LogP contribution in [0.25, 0.3) is 10.7 Å². The van der Waals surface area contributed by atoms with Gasteiger partial charge in [0.2, 0.25) is 5.16 Å². The van der Waals surface area contributed by atoms with Gasteiger partial charge in [-0.15, -0.1) is 16.4 Å². The van der Waals surface area contributed by atoms with E-state index in [-0.39, 0.29) is 11.0 Å². The lowest BCUT2D eigenvalue weighted by molar-refractivity contribution is 0.0993. The van der Waals surface area contributed by atoms with Crippen molar-refractivity contribution in [3.63, 3.8) is 0 Å². The number of rotatable bonds is 5. The van der Waals surface area contributed by atoms with E-state index < -0.39 is 0 Å². The van der Waals surface area contributed by atoms with Crippen molar-refractivity contribution in [2.24, 2.45) is 0 Å². The molecule has 24 heavy (non-hydrogen) atoms. The molecule has 3 aromatic rings. The highest BCUT2D eigenvalue weighted by Gasteiger charge is 2.21. The zero-order chi connectivity index (χ0) is 17.3. The van der Waals surface area contributed by atoms with Crippen molar-refractivity contribution in [1.82, 2.24) is 15.2 Å². The van der Waals surface area contributed by atoms with Gasteiger partial charge in [0.15, 0.2) is 11.6 Å². The number of carbonyl (C=O) groups is 1. The van der Waals surface area contributed by atoms with Crippen LogP contribution >= 0.6 is 23.1 Å². The Labute approximate surface area is 149 Å². The SMILES string of the molecule is Cc1cc(C)c(C(=O)[C@H](C)Sc2n[nH]c(-c3cccs3)n2)cc1C. The summed E-state index contributed by atoms with van der Waals surface area (Å²) in [6.07, 6.45) is 0. The molecule has 0 bridgehead atoms. The van der Waals surface area contributed by atoms with E-state index in [1.54, 1.807) is 11.3 Å². The number of hydrogen-bond acceptors (Lipinski definition) is 5. The zero-order valence-corrected chi connectivity index (χ0v) is 15.7. The highest BCUT2D eigenvalue weighted by molar-refractivity contribution is 8.00. The topological polar surface area (TPSA) is 58.6 Å². The van der Waals surface area contributed by atoms with Crippen LogP contribution in [-0.2, 0) is 0 Å². The fourth-order valence-electron chi connectivity index (χ4n) is 2.48. The molecular formula is C18H19N3OS2. The number of aromatic amines is 1. The van der Waals surface area contributed by atoms with Crippen molar-refractivity contribution >= 4 is 28.9 Å². The number of aromatic nitrogens is 3. The molecule has 4 nitrogen and oxygen atoms in total. The summed E-state index contributed by atoms with van der Waals surface area (Å²) < 4.78 is 0. The number of thiophene rings is 1. The van der Waals surface area contributed by atoms with Gasteiger partial charge in [0, 0.05) is 5.56 Å². The van der Waals surface area contributed by atoms with E-state index in [4.69, 9.17) is 0 Å². The maximum Gasteiger partial charge on any atom is 0.209 e. The number of H-pyrrole nitrogens is 1. The number of thioether (sulfide) groups is 1. The highest BCUT2D eigenvalue weighted by atomic mass is 32.2. The van der Waals surface area contributed by atoms with E-state index in [0.29, 0.717) is 5.16 Å². The third-order valence-corrected chi connectivity index (χ3v) is 5.81. The van der Waals surface area contributed by atoms with Crippen molar-refractivity contribution in [1.29, 1.82) is 0 Å². The summed E-state index contributed by atoms with van der Waals surface area (Å²) in [5.74, 6) is 0.859. The van der Waals surface area contributed by atoms with Crippen molar-refractivity contribution in [2.75, 3.05) is 0 Å². The van der Waals surface area contributed by atoms with Crippen LogP contribution < -0.4 is 0 Å². The number of carbonyl (C=O) groups excluding carboxylic acids is 1. The number of aryl methyl sites for hydroxylation is 3.